The van der Waals surface area contributed by atoms with Gasteiger partial charge in [-0.15, -0.1) is 0 Å². The highest BCUT2D eigenvalue weighted by molar-refractivity contribution is 9.10. The molecule has 0 spiro atoms. The largest absolute Gasteiger partial charge is 0.418 e. The van der Waals surface area contributed by atoms with Gasteiger partial charge >= 0.3 is 18.2 Å². The maximum atomic E-state index is 14.0. The number of carbonyl (C=O) groups excluding carboxylic acids is 3. The van der Waals surface area contributed by atoms with E-state index >= 15 is 0 Å². The Hall–Kier alpha value is -4.53. The number of piperidine rings is 1. The molecule has 4 N–H and O–H groups in total. The Kier molecular flexibility index (Phi) is 10.2. The van der Waals surface area contributed by atoms with Gasteiger partial charge in [-0.2, -0.15) is 13.2 Å². The average molecular weight is 744 g/mol. The molecule has 0 aliphatic carbocycles. The van der Waals surface area contributed by atoms with E-state index in [9.17, 15) is 27.6 Å². The van der Waals surface area contributed by atoms with E-state index in [-0.39, 0.29) is 34.4 Å². The number of aromatic nitrogens is 1. The van der Waals surface area contributed by atoms with Gasteiger partial charge in [0.05, 0.1) is 11.3 Å². The van der Waals surface area contributed by atoms with Crippen molar-refractivity contribution in [2.75, 3.05) is 61.8 Å². The zero-order valence-corrected chi connectivity index (χ0v) is 28.3. The smallest absolute Gasteiger partial charge is 0.397 e. The second-order valence-corrected chi connectivity index (χ2v) is 13.4. The van der Waals surface area contributed by atoms with Crippen molar-refractivity contribution < 1.29 is 27.6 Å². The minimum absolute atomic E-state index is 0.0588. The van der Waals surface area contributed by atoms with Gasteiger partial charge in [-0.3, -0.25) is 9.78 Å². The van der Waals surface area contributed by atoms with E-state index in [1.807, 2.05) is 41.3 Å². The van der Waals surface area contributed by atoms with Gasteiger partial charge in [0.1, 0.15) is 6.04 Å². The number of halogens is 4. The Morgan fingerprint density at radius 2 is 1.67 bits per heavy atom. The van der Waals surface area contributed by atoms with Crippen molar-refractivity contribution in [1.82, 2.24) is 25.0 Å². The molecule has 2 fully saturated rings. The molecule has 2 saturated heterocycles. The van der Waals surface area contributed by atoms with Crippen LogP contribution in [0.5, 0.6) is 0 Å². The molecule has 0 radical (unpaired) electrons. The van der Waals surface area contributed by atoms with Crippen molar-refractivity contribution >= 4 is 51.0 Å². The number of nitrogens with zero attached hydrogens (tertiary/aromatic N) is 5. The molecule has 3 aliphatic heterocycles. The first kappa shape index (κ1) is 34.3. The zero-order chi connectivity index (χ0) is 34.7. The Bertz CT molecular complexity index is 1680. The highest BCUT2D eigenvalue weighted by Crippen LogP contribution is 2.38. The van der Waals surface area contributed by atoms with Crippen LogP contribution < -0.4 is 21.3 Å². The summed E-state index contributed by atoms with van der Waals surface area (Å²) in [6.45, 7) is 3.10. The Labute approximate surface area is 290 Å². The van der Waals surface area contributed by atoms with E-state index in [0.717, 1.165) is 23.0 Å². The lowest BCUT2D eigenvalue weighted by atomic mass is 10.0. The number of benzene rings is 2. The van der Waals surface area contributed by atoms with Crippen molar-refractivity contribution in [2.24, 2.45) is 0 Å². The number of nitrogens with one attached hydrogen (secondary N) is 2. The Balaban J connectivity index is 1.14. The maximum absolute atomic E-state index is 14.0. The Morgan fingerprint density at radius 1 is 0.980 bits per heavy atom. The first-order chi connectivity index (χ1) is 23.5. The molecule has 49 heavy (non-hydrogen) atoms. The van der Waals surface area contributed by atoms with Crippen molar-refractivity contribution in [3.05, 3.63) is 82.1 Å². The van der Waals surface area contributed by atoms with Crippen LogP contribution in [0.2, 0.25) is 0 Å². The number of hydrogen-bond acceptors (Lipinski definition) is 6. The molecule has 4 heterocycles. The van der Waals surface area contributed by atoms with E-state index < -0.39 is 29.5 Å². The van der Waals surface area contributed by atoms with Crippen LogP contribution in [0.15, 0.2) is 65.4 Å². The van der Waals surface area contributed by atoms with E-state index in [4.69, 9.17) is 5.73 Å². The third kappa shape index (κ3) is 7.87. The molecule has 11 nitrogen and oxygen atoms in total. The summed E-state index contributed by atoms with van der Waals surface area (Å²) in [5, 5.41) is 5.84. The number of likely N-dealkylation sites (tertiary alicyclic amines) is 1. The normalized spacial score (nSPS) is 18.0. The molecule has 3 aromatic rings. The number of nitrogens with two attached hydrogens (primary N) is 1. The quantitative estimate of drug-likeness (QED) is 0.307. The minimum Gasteiger partial charge on any atom is -0.397 e. The molecule has 3 aliphatic rings. The molecule has 1 unspecified atom stereocenters. The number of nitrogen functional groups attached to an aromatic ring is 1. The summed E-state index contributed by atoms with van der Waals surface area (Å²) in [6.07, 6.45) is 0.340. The van der Waals surface area contributed by atoms with E-state index in [2.05, 4.69) is 36.4 Å². The van der Waals surface area contributed by atoms with Crippen molar-refractivity contribution in [2.45, 2.75) is 43.9 Å². The van der Waals surface area contributed by atoms with Gasteiger partial charge in [0.25, 0.3) is 0 Å². The number of hydrogen-bond donors (Lipinski definition) is 3. The number of urea groups is 2. The van der Waals surface area contributed by atoms with Crippen LogP contribution in [-0.2, 0) is 23.8 Å². The van der Waals surface area contributed by atoms with Crippen LogP contribution in [-0.4, -0.2) is 95.6 Å². The second-order valence-electron chi connectivity index (χ2n) is 12.5. The summed E-state index contributed by atoms with van der Waals surface area (Å²) < 4.78 is 41.5. The fourth-order valence-corrected chi connectivity index (χ4v) is 7.29. The van der Waals surface area contributed by atoms with E-state index in [0.29, 0.717) is 65.1 Å². The molecular weight excluding hydrogens is 705 g/mol. The summed E-state index contributed by atoms with van der Waals surface area (Å²) in [5.74, 6) is -0.375. The second kappa shape index (κ2) is 14.5. The number of pyridine rings is 1. The number of carbonyl (C=O) groups is 3. The van der Waals surface area contributed by atoms with Gasteiger partial charge in [-0.25, -0.2) is 9.59 Å². The fraction of sp³-hybridized carbons (Fsp3) is 0.412. The summed E-state index contributed by atoms with van der Waals surface area (Å²) in [4.78, 5) is 51.9. The highest BCUT2D eigenvalue weighted by atomic mass is 79.9. The molecular formula is C34H38BrF3N8O3. The predicted molar refractivity (Wildman–Crippen MR) is 183 cm³/mol. The fourth-order valence-electron chi connectivity index (χ4n) is 6.78. The number of amides is 5. The molecule has 0 saturated carbocycles. The van der Waals surface area contributed by atoms with Gasteiger partial charge in [0, 0.05) is 86.5 Å². The number of anilines is 3. The third-order valence-corrected chi connectivity index (χ3v) is 10.1. The van der Waals surface area contributed by atoms with Crippen LogP contribution >= 0.6 is 15.9 Å². The molecule has 2 aromatic carbocycles. The highest BCUT2D eigenvalue weighted by Gasteiger charge is 2.37. The molecule has 260 valence electrons. The maximum Gasteiger partial charge on any atom is 0.418 e. The lowest BCUT2D eigenvalue weighted by Crippen LogP contribution is -2.58. The van der Waals surface area contributed by atoms with Crippen LogP contribution in [0.4, 0.5) is 39.8 Å². The molecule has 6 rings (SSSR count). The van der Waals surface area contributed by atoms with Crippen LogP contribution in [0, 0.1) is 0 Å². The van der Waals surface area contributed by atoms with Gasteiger partial charge in [-0.1, -0.05) is 18.2 Å². The summed E-state index contributed by atoms with van der Waals surface area (Å²) in [7, 11) is 0. The molecule has 1 atom stereocenters. The van der Waals surface area contributed by atoms with Crippen molar-refractivity contribution in [1.29, 1.82) is 0 Å². The molecule has 0 bridgehead atoms. The summed E-state index contributed by atoms with van der Waals surface area (Å²) in [5.41, 5.74) is 7.33. The first-order valence-corrected chi connectivity index (χ1v) is 17.1. The summed E-state index contributed by atoms with van der Waals surface area (Å²) in [6, 6.07) is 12.0. The number of rotatable bonds is 6. The topological polar surface area (TPSA) is 127 Å². The van der Waals surface area contributed by atoms with Crippen LogP contribution in [0.25, 0.3) is 0 Å². The lowest BCUT2D eigenvalue weighted by molar-refractivity contribution is -0.137. The average Bonchev–Trinajstić information content (AvgIpc) is 3.27. The van der Waals surface area contributed by atoms with Gasteiger partial charge in [0.2, 0.25) is 5.91 Å². The van der Waals surface area contributed by atoms with Crippen molar-refractivity contribution in [3.63, 3.8) is 0 Å². The van der Waals surface area contributed by atoms with Gasteiger partial charge in [-0.05, 0) is 76.7 Å². The minimum atomic E-state index is -4.70. The first-order valence-electron chi connectivity index (χ1n) is 16.3. The third-order valence-electron chi connectivity index (χ3n) is 9.48. The van der Waals surface area contributed by atoms with Crippen LogP contribution in [0.1, 0.15) is 29.5 Å². The molecule has 1 aromatic heterocycles. The summed E-state index contributed by atoms with van der Waals surface area (Å²) >= 11 is 3.13. The van der Waals surface area contributed by atoms with Crippen LogP contribution in [0.3, 0.4) is 0 Å². The number of piperazine rings is 1. The molecule has 5 amide bonds. The number of para-hydroxylation sites is 1. The van der Waals surface area contributed by atoms with Crippen molar-refractivity contribution in [3.8, 4) is 0 Å². The zero-order valence-electron chi connectivity index (χ0n) is 26.8. The van der Waals surface area contributed by atoms with E-state index in [1.165, 1.54) is 6.07 Å². The SMILES string of the molecule is Nc1c(Br)cc(CC(NC(=O)N2CCC(N3CCc4ccccc4NC3=O)CC2)C(=O)N2CCN(c3ccncc3)CC2)cc1C(F)(F)F. The lowest BCUT2D eigenvalue weighted by Gasteiger charge is -2.39. The molecule has 15 heteroatoms. The van der Waals surface area contributed by atoms with Gasteiger partial charge in [0.15, 0.2) is 0 Å². The van der Waals surface area contributed by atoms with Gasteiger partial charge < -0.3 is 36.0 Å². The number of alkyl halides is 3. The Morgan fingerprint density at radius 3 is 2.37 bits per heavy atom. The standard InChI is InChI=1S/C34H38BrF3N8O3/c35-27-20-22(19-26(30(27)39)34(36,37)38)21-29(31(47)44-17-15-43(16-18-44)24-5-10-40-11-6-24)42-32(48)45-12-8-25(9-13-45)46-14-7-23-3-1-2-4-28(23)41-33(46)49/h1-6,10-11,19-20,25,29H,7-9,12-18,21,39H2,(H,41,49)(H,42,48). The number of fused-ring (bicyclic) bond motifs is 1. The van der Waals surface area contributed by atoms with E-state index in [1.54, 1.807) is 22.2 Å². The predicted octanol–water partition coefficient (Wildman–Crippen LogP) is 4.97. The monoisotopic (exact) mass is 742 g/mol.